The van der Waals surface area contributed by atoms with E-state index in [-0.39, 0.29) is 17.8 Å². The standard InChI is InChI=1S/C15H11F2N3O2/c16-10-2-1-9(11(17)7-10)8-19-12-3-4-13-18-5-6-20(13)14(12)15(21)22/h1-7,19H,8H2,(H,21,22). The molecule has 5 nitrogen and oxygen atoms in total. The summed E-state index contributed by atoms with van der Waals surface area (Å²) in [6.45, 7) is 0.0343. The van der Waals surface area contributed by atoms with E-state index in [1.807, 2.05) is 0 Å². The number of imidazole rings is 1. The Kier molecular flexibility index (Phi) is 3.46. The molecule has 22 heavy (non-hydrogen) atoms. The normalized spacial score (nSPS) is 10.8. The monoisotopic (exact) mass is 303 g/mol. The van der Waals surface area contributed by atoms with Crippen LogP contribution >= 0.6 is 0 Å². The van der Waals surface area contributed by atoms with Crippen molar-refractivity contribution in [1.82, 2.24) is 9.38 Å². The zero-order valence-corrected chi connectivity index (χ0v) is 11.3. The van der Waals surface area contributed by atoms with Crippen molar-refractivity contribution in [2.75, 3.05) is 5.32 Å². The van der Waals surface area contributed by atoms with Gasteiger partial charge in [-0.1, -0.05) is 6.07 Å². The summed E-state index contributed by atoms with van der Waals surface area (Å²) < 4.78 is 27.9. The van der Waals surface area contributed by atoms with E-state index in [4.69, 9.17) is 0 Å². The Hall–Kier alpha value is -2.96. The molecule has 3 rings (SSSR count). The van der Waals surface area contributed by atoms with Gasteiger partial charge in [0.05, 0.1) is 5.69 Å². The van der Waals surface area contributed by atoms with Crippen LogP contribution in [0.3, 0.4) is 0 Å². The van der Waals surface area contributed by atoms with E-state index in [1.165, 1.54) is 22.9 Å². The number of nitrogens with one attached hydrogen (secondary N) is 1. The molecule has 2 heterocycles. The van der Waals surface area contributed by atoms with Crippen molar-refractivity contribution in [2.45, 2.75) is 6.54 Å². The van der Waals surface area contributed by atoms with E-state index in [2.05, 4.69) is 10.3 Å². The van der Waals surface area contributed by atoms with Crippen molar-refractivity contribution in [2.24, 2.45) is 0 Å². The Morgan fingerprint density at radius 2 is 2.09 bits per heavy atom. The number of aromatic carboxylic acids is 1. The number of carboxylic acids is 1. The predicted octanol–water partition coefficient (Wildman–Crippen LogP) is 2.92. The van der Waals surface area contributed by atoms with Crippen molar-refractivity contribution in [1.29, 1.82) is 0 Å². The second-order valence-electron chi connectivity index (χ2n) is 4.65. The quantitative estimate of drug-likeness (QED) is 0.777. The van der Waals surface area contributed by atoms with Gasteiger partial charge < -0.3 is 10.4 Å². The van der Waals surface area contributed by atoms with Crippen LogP contribution in [0.25, 0.3) is 5.65 Å². The number of hydrogen-bond donors (Lipinski definition) is 2. The molecule has 0 fully saturated rings. The van der Waals surface area contributed by atoms with E-state index in [0.29, 0.717) is 11.3 Å². The Morgan fingerprint density at radius 3 is 2.82 bits per heavy atom. The largest absolute Gasteiger partial charge is 0.476 e. The van der Waals surface area contributed by atoms with Crippen molar-refractivity contribution < 1.29 is 18.7 Å². The molecule has 112 valence electrons. The number of hydrogen-bond acceptors (Lipinski definition) is 3. The first-order chi connectivity index (χ1) is 10.6. The lowest BCUT2D eigenvalue weighted by Gasteiger charge is -2.12. The highest BCUT2D eigenvalue weighted by atomic mass is 19.1. The number of nitrogens with zero attached hydrogens (tertiary/aromatic N) is 2. The summed E-state index contributed by atoms with van der Waals surface area (Å²) in [7, 11) is 0. The summed E-state index contributed by atoms with van der Waals surface area (Å²) in [5.74, 6) is -2.48. The third-order valence-corrected chi connectivity index (χ3v) is 3.25. The maximum Gasteiger partial charge on any atom is 0.355 e. The summed E-state index contributed by atoms with van der Waals surface area (Å²) >= 11 is 0. The predicted molar refractivity (Wildman–Crippen MR) is 75.8 cm³/mol. The molecule has 2 aromatic heterocycles. The maximum absolute atomic E-state index is 13.6. The van der Waals surface area contributed by atoms with Crippen LogP contribution in [0.5, 0.6) is 0 Å². The number of benzene rings is 1. The minimum absolute atomic E-state index is 0.00230. The topological polar surface area (TPSA) is 66.6 Å². The number of fused-ring (bicyclic) bond motifs is 1. The summed E-state index contributed by atoms with van der Waals surface area (Å²) in [6, 6.07) is 6.46. The molecular formula is C15H11F2N3O2. The molecule has 0 spiro atoms. The fourth-order valence-electron chi connectivity index (χ4n) is 2.21. The Labute approximate surface area is 123 Å². The Morgan fingerprint density at radius 1 is 1.27 bits per heavy atom. The van der Waals surface area contributed by atoms with Crippen molar-refractivity contribution in [3.05, 3.63) is 65.6 Å². The van der Waals surface area contributed by atoms with Gasteiger partial charge in [0.2, 0.25) is 0 Å². The number of aromatic nitrogens is 2. The molecule has 0 unspecified atom stereocenters. The highest BCUT2D eigenvalue weighted by Gasteiger charge is 2.15. The van der Waals surface area contributed by atoms with Gasteiger partial charge in [0.15, 0.2) is 5.69 Å². The summed E-state index contributed by atoms with van der Waals surface area (Å²) in [5.41, 5.74) is 1.05. The molecule has 0 aliphatic heterocycles. The molecule has 0 aliphatic rings. The van der Waals surface area contributed by atoms with E-state index < -0.39 is 17.6 Å². The molecule has 0 radical (unpaired) electrons. The van der Waals surface area contributed by atoms with E-state index in [0.717, 1.165) is 12.1 Å². The minimum Gasteiger partial charge on any atom is -0.476 e. The van der Waals surface area contributed by atoms with Crippen LogP contribution in [0.2, 0.25) is 0 Å². The first-order valence-corrected chi connectivity index (χ1v) is 6.43. The molecule has 2 N–H and O–H groups in total. The molecule has 1 aromatic carbocycles. The van der Waals surface area contributed by atoms with E-state index in [1.54, 1.807) is 12.1 Å². The minimum atomic E-state index is -1.13. The van der Waals surface area contributed by atoms with Crippen LogP contribution in [-0.4, -0.2) is 20.5 Å². The van der Waals surface area contributed by atoms with Gasteiger partial charge >= 0.3 is 5.97 Å². The van der Waals surface area contributed by atoms with Gasteiger partial charge in [-0.05, 0) is 18.2 Å². The molecule has 0 atom stereocenters. The smallest absolute Gasteiger partial charge is 0.355 e. The van der Waals surface area contributed by atoms with Crippen molar-refractivity contribution >= 4 is 17.3 Å². The van der Waals surface area contributed by atoms with E-state index in [9.17, 15) is 18.7 Å². The average molecular weight is 303 g/mol. The van der Waals surface area contributed by atoms with Crippen LogP contribution in [0.15, 0.2) is 42.7 Å². The number of pyridine rings is 1. The summed E-state index contributed by atoms with van der Waals surface area (Å²) in [5, 5.41) is 12.2. The fraction of sp³-hybridized carbons (Fsp3) is 0.0667. The van der Waals surface area contributed by atoms with Crippen LogP contribution in [0.4, 0.5) is 14.5 Å². The maximum atomic E-state index is 13.6. The first kappa shape index (κ1) is 14.0. The number of carbonyl (C=O) groups is 1. The van der Waals surface area contributed by atoms with Gasteiger partial charge in [-0.2, -0.15) is 0 Å². The SMILES string of the molecule is O=C(O)c1c(NCc2ccc(F)cc2F)ccc2nccn12. The molecule has 3 aromatic rings. The number of carboxylic acid groups (broad SMARTS) is 1. The van der Waals surface area contributed by atoms with Gasteiger partial charge in [0, 0.05) is 30.6 Å². The van der Waals surface area contributed by atoms with Crippen molar-refractivity contribution in [3.63, 3.8) is 0 Å². The highest BCUT2D eigenvalue weighted by molar-refractivity contribution is 5.93. The second-order valence-corrected chi connectivity index (χ2v) is 4.65. The highest BCUT2D eigenvalue weighted by Crippen LogP contribution is 2.19. The van der Waals surface area contributed by atoms with Gasteiger partial charge in [-0.3, -0.25) is 4.40 Å². The number of rotatable bonds is 4. The summed E-state index contributed by atoms with van der Waals surface area (Å²) in [4.78, 5) is 15.5. The molecule has 7 heteroatoms. The van der Waals surface area contributed by atoms with Gasteiger partial charge in [-0.25, -0.2) is 18.6 Å². The second kappa shape index (κ2) is 5.44. The number of halogens is 2. The van der Waals surface area contributed by atoms with Gasteiger partial charge in [-0.15, -0.1) is 0 Å². The lowest BCUT2D eigenvalue weighted by Crippen LogP contribution is -2.11. The molecule has 0 saturated carbocycles. The first-order valence-electron chi connectivity index (χ1n) is 6.43. The van der Waals surface area contributed by atoms with Crippen molar-refractivity contribution in [3.8, 4) is 0 Å². The van der Waals surface area contributed by atoms with Crippen LogP contribution in [0, 0.1) is 11.6 Å². The molecule has 0 saturated heterocycles. The lowest BCUT2D eigenvalue weighted by molar-refractivity contribution is 0.0690. The lowest BCUT2D eigenvalue weighted by atomic mass is 10.2. The van der Waals surface area contributed by atoms with Crippen LogP contribution in [-0.2, 0) is 6.54 Å². The molecule has 0 bridgehead atoms. The fourth-order valence-corrected chi connectivity index (χ4v) is 2.21. The Bertz CT molecular complexity index is 861. The molecule has 0 aliphatic carbocycles. The summed E-state index contributed by atoms with van der Waals surface area (Å²) in [6.07, 6.45) is 3.02. The van der Waals surface area contributed by atoms with Crippen LogP contribution in [0.1, 0.15) is 16.1 Å². The van der Waals surface area contributed by atoms with Gasteiger partial charge in [0.1, 0.15) is 17.3 Å². The zero-order chi connectivity index (χ0) is 15.7. The van der Waals surface area contributed by atoms with E-state index >= 15 is 0 Å². The molecule has 0 amide bonds. The zero-order valence-electron chi connectivity index (χ0n) is 11.3. The number of anilines is 1. The Balaban J connectivity index is 1.93. The average Bonchev–Trinajstić information content (AvgIpc) is 2.93. The third-order valence-electron chi connectivity index (χ3n) is 3.25. The molecular weight excluding hydrogens is 292 g/mol. The third kappa shape index (κ3) is 2.48. The van der Waals surface area contributed by atoms with Crippen LogP contribution < -0.4 is 5.32 Å². The van der Waals surface area contributed by atoms with Gasteiger partial charge in [0.25, 0.3) is 0 Å².